The summed E-state index contributed by atoms with van der Waals surface area (Å²) in [6, 6.07) is 3.51. The van der Waals surface area contributed by atoms with Gasteiger partial charge in [-0.2, -0.15) is 4.98 Å². The molecule has 2 aromatic rings. The van der Waals surface area contributed by atoms with Crippen LogP contribution in [0.25, 0.3) is 11.4 Å². The number of aromatic nitrogens is 2. The number of likely N-dealkylation sites (N-methyl/N-ethyl adjacent to an activating group) is 1. The number of methoxy groups -OCH3 is 2. The third-order valence-electron chi connectivity index (χ3n) is 4.07. The third-order valence-corrected chi connectivity index (χ3v) is 4.44. The lowest BCUT2D eigenvalue weighted by atomic mass is 10.0. The minimum atomic E-state index is -0.622. The van der Waals surface area contributed by atoms with Gasteiger partial charge in [-0.05, 0) is 25.6 Å². The Morgan fingerprint density at radius 1 is 1.35 bits per heavy atom. The minimum absolute atomic E-state index is 0.369. The Morgan fingerprint density at radius 3 is 2.74 bits per heavy atom. The van der Waals surface area contributed by atoms with E-state index in [1.165, 1.54) is 7.11 Å². The fourth-order valence-electron chi connectivity index (χ4n) is 2.80. The molecule has 3 rings (SSSR count). The number of nitrogens with zero attached hydrogens (tertiary/aromatic N) is 3. The zero-order valence-corrected chi connectivity index (χ0v) is 14.1. The summed E-state index contributed by atoms with van der Waals surface area (Å²) in [6.45, 7) is 1.57. The molecule has 1 fully saturated rings. The van der Waals surface area contributed by atoms with Crippen molar-refractivity contribution in [1.82, 2.24) is 15.0 Å². The molecule has 1 aliphatic heterocycles. The van der Waals surface area contributed by atoms with E-state index in [9.17, 15) is 0 Å². The van der Waals surface area contributed by atoms with Crippen molar-refractivity contribution in [2.24, 2.45) is 5.73 Å². The van der Waals surface area contributed by atoms with E-state index in [1.807, 2.05) is 7.05 Å². The van der Waals surface area contributed by atoms with Crippen LogP contribution in [0.2, 0.25) is 5.02 Å². The van der Waals surface area contributed by atoms with Crippen LogP contribution >= 0.6 is 11.6 Å². The zero-order valence-electron chi connectivity index (χ0n) is 13.3. The van der Waals surface area contributed by atoms with Gasteiger partial charge < -0.3 is 24.6 Å². The molecule has 1 atom stereocenters. The summed E-state index contributed by atoms with van der Waals surface area (Å²) in [5.74, 6) is 1.77. The van der Waals surface area contributed by atoms with E-state index in [0.29, 0.717) is 40.3 Å². The second kappa shape index (κ2) is 5.99. The molecule has 1 saturated heterocycles. The molecular weight excluding hydrogens is 320 g/mol. The van der Waals surface area contributed by atoms with Crippen molar-refractivity contribution in [2.45, 2.75) is 12.0 Å². The van der Waals surface area contributed by atoms with E-state index in [4.69, 9.17) is 31.3 Å². The maximum Gasteiger partial charge on any atom is 0.248 e. The van der Waals surface area contributed by atoms with Gasteiger partial charge in [-0.15, -0.1) is 0 Å². The summed E-state index contributed by atoms with van der Waals surface area (Å²) in [7, 11) is 5.09. The number of halogens is 1. The second-order valence-electron chi connectivity index (χ2n) is 5.73. The van der Waals surface area contributed by atoms with Gasteiger partial charge in [0.15, 0.2) is 11.5 Å². The summed E-state index contributed by atoms with van der Waals surface area (Å²) in [5.41, 5.74) is 6.37. The number of benzene rings is 1. The van der Waals surface area contributed by atoms with Gasteiger partial charge in [0.2, 0.25) is 11.7 Å². The Morgan fingerprint density at radius 2 is 2.13 bits per heavy atom. The largest absolute Gasteiger partial charge is 0.493 e. The van der Waals surface area contributed by atoms with Gasteiger partial charge in [0.1, 0.15) is 5.54 Å². The lowest BCUT2D eigenvalue weighted by Crippen LogP contribution is -2.39. The molecule has 7 nitrogen and oxygen atoms in total. The van der Waals surface area contributed by atoms with Crippen molar-refractivity contribution >= 4 is 11.6 Å². The first-order chi connectivity index (χ1) is 11.0. The van der Waals surface area contributed by atoms with Gasteiger partial charge in [-0.3, -0.25) is 0 Å². The molecule has 8 heteroatoms. The SMILES string of the molecule is COc1ccc(-c2noc(C3(N)CCN(C)C3)n2)c(Cl)c1OC. The Kier molecular flexibility index (Phi) is 4.18. The van der Waals surface area contributed by atoms with Crippen LogP contribution in [-0.2, 0) is 5.54 Å². The summed E-state index contributed by atoms with van der Waals surface area (Å²) in [6.07, 6.45) is 0.769. The van der Waals surface area contributed by atoms with Crippen LogP contribution in [0.15, 0.2) is 16.7 Å². The van der Waals surface area contributed by atoms with Gasteiger partial charge in [-0.25, -0.2) is 0 Å². The molecular formula is C15H19ClN4O3. The predicted octanol–water partition coefficient (Wildman–Crippen LogP) is 1.90. The van der Waals surface area contributed by atoms with Gasteiger partial charge in [0, 0.05) is 18.7 Å². The molecule has 0 radical (unpaired) electrons. The average Bonchev–Trinajstić information content (AvgIpc) is 3.15. The normalized spacial score (nSPS) is 21.6. The molecule has 0 saturated carbocycles. The lowest BCUT2D eigenvalue weighted by molar-refractivity contribution is 0.278. The monoisotopic (exact) mass is 338 g/mol. The Bertz CT molecular complexity index is 721. The number of ether oxygens (including phenoxy) is 2. The van der Waals surface area contributed by atoms with Gasteiger partial charge in [-0.1, -0.05) is 16.8 Å². The van der Waals surface area contributed by atoms with Crippen molar-refractivity contribution in [2.75, 3.05) is 34.4 Å². The van der Waals surface area contributed by atoms with Gasteiger partial charge in [0.05, 0.1) is 19.2 Å². The first kappa shape index (κ1) is 16.0. The summed E-state index contributed by atoms with van der Waals surface area (Å²) >= 11 is 6.39. The predicted molar refractivity (Wildman–Crippen MR) is 85.8 cm³/mol. The number of rotatable bonds is 4. The highest BCUT2D eigenvalue weighted by atomic mass is 35.5. The molecule has 1 aromatic heterocycles. The molecule has 2 heterocycles. The first-order valence-electron chi connectivity index (χ1n) is 7.21. The maximum atomic E-state index is 6.39. The number of nitrogens with two attached hydrogens (primary N) is 1. The van der Waals surface area contributed by atoms with E-state index in [2.05, 4.69) is 15.0 Å². The number of hydrogen-bond donors (Lipinski definition) is 1. The molecule has 2 N–H and O–H groups in total. The highest BCUT2D eigenvalue weighted by molar-refractivity contribution is 6.35. The minimum Gasteiger partial charge on any atom is -0.493 e. The second-order valence-corrected chi connectivity index (χ2v) is 6.11. The van der Waals surface area contributed by atoms with Crippen molar-refractivity contribution in [3.05, 3.63) is 23.0 Å². The van der Waals surface area contributed by atoms with Crippen molar-refractivity contribution in [1.29, 1.82) is 0 Å². The van der Waals surface area contributed by atoms with Crippen LogP contribution in [-0.4, -0.2) is 49.4 Å². The lowest BCUT2D eigenvalue weighted by Gasteiger charge is -2.18. The van der Waals surface area contributed by atoms with E-state index < -0.39 is 5.54 Å². The molecule has 1 unspecified atom stereocenters. The van der Waals surface area contributed by atoms with Gasteiger partial charge >= 0.3 is 0 Å². The Balaban J connectivity index is 1.98. The average molecular weight is 339 g/mol. The third kappa shape index (κ3) is 2.75. The number of likely N-dealkylation sites (tertiary alicyclic amines) is 1. The first-order valence-corrected chi connectivity index (χ1v) is 7.59. The van der Waals surface area contributed by atoms with Crippen LogP contribution < -0.4 is 15.2 Å². The highest BCUT2D eigenvalue weighted by Crippen LogP contribution is 2.41. The van der Waals surface area contributed by atoms with E-state index in [-0.39, 0.29) is 0 Å². The van der Waals surface area contributed by atoms with Crippen LogP contribution in [0.3, 0.4) is 0 Å². The van der Waals surface area contributed by atoms with Gasteiger partial charge in [0.25, 0.3) is 0 Å². The fourth-order valence-corrected chi connectivity index (χ4v) is 3.12. The summed E-state index contributed by atoms with van der Waals surface area (Å²) in [4.78, 5) is 6.58. The molecule has 0 bridgehead atoms. The fraction of sp³-hybridized carbons (Fsp3) is 0.467. The smallest absolute Gasteiger partial charge is 0.248 e. The van der Waals surface area contributed by atoms with Crippen LogP contribution in [0.4, 0.5) is 0 Å². The van der Waals surface area contributed by atoms with E-state index in [0.717, 1.165) is 13.0 Å². The number of hydrogen-bond acceptors (Lipinski definition) is 7. The molecule has 23 heavy (non-hydrogen) atoms. The van der Waals surface area contributed by atoms with Crippen LogP contribution in [0.1, 0.15) is 12.3 Å². The van der Waals surface area contributed by atoms with Crippen molar-refractivity contribution < 1.29 is 14.0 Å². The molecule has 0 aliphatic carbocycles. The summed E-state index contributed by atoms with van der Waals surface area (Å²) in [5, 5.41) is 4.40. The van der Waals surface area contributed by atoms with Crippen molar-refractivity contribution in [3.63, 3.8) is 0 Å². The molecule has 1 aromatic carbocycles. The quantitative estimate of drug-likeness (QED) is 0.910. The molecule has 0 spiro atoms. The molecule has 1 aliphatic rings. The van der Waals surface area contributed by atoms with Crippen LogP contribution in [0, 0.1) is 0 Å². The molecule has 124 valence electrons. The zero-order chi connectivity index (χ0) is 16.6. The Hall–Kier alpha value is -1.83. The maximum absolute atomic E-state index is 6.39. The highest BCUT2D eigenvalue weighted by Gasteiger charge is 2.39. The molecule has 0 amide bonds. The van der Waals surface area contributed by atoms with Crippen molar-refractivity contribution in [3.8, 4) is 22.9 Å². The standard InChI is InChI=1S/C15H19ClN4O3/c1-20-7-6-15(17,8-20)14-18-13(19-23-14)9-4-5-10(21-2)12(22-3)11(9)16/h4-5H,6-8,17H2,1-3H3. The summed E-state index contributed by atoms with van der Waals surface area (Å²) < 4.78 is 15.9. The Labute approximate surface area is 139 Å². The van der Waals surface area contributed by atoms with E-state index >= 15 is 0 Å². The van der Waals surface area contributed by atoms with Crippen LogP contribution in [0.5, 0.6) is 11.5 Å². The van der Waals surface area contributed by atoms with E-state index in [1.54, 1.807) is 19.2 Å². The topological polar surface area (TPSA) is 86.6 Å².